The van der Waals surface area contributed by atoms with Crippen molar-refractivity contribution in [3.05, 3.63) is 29.8 Å². The molecule has 2 heterocycles. The van der Waals surface area contributed by atoms with Crippen molar-refractivity contribution in [1.82, 2.24) is 9.80 Å². The Morgan fingerprint density at radius 2 is 1.78 bits per heavy atom. The molecule has 1 spiro atoms. The average Bonchev–Trinajstić information content (AvgIpc) is 3.13. The van der Waals surface area contributed by atoms with Gasteiger partial charge >= 0.3 is 0 Å². The number of methoxy groups -OCH3 is 1. The van der Waals surface area contributed by atoms with E-state index in [4.69, 9.17) is 14.2 Å². The lowest BCUT2D eigenvalue weighted by Gasteiger charge is -2.38. The van der Waals surface area contributed by atoms with E-state index < -0.39 is 5.79 Å². The fourth-order valence-electron chi connectivity index (χ4n) is 3.55. The molecule has 0 bridgehead atoms. The molecule has 27 heavy (non-hydrogen) atoms. The van der Waals surface area contributed by atoms with Gasteiger partial charge < -0.3 is 24.0 Å². The standard InChI is InChI=1S/C20H28N2O5/c1-16(23)22(10-7-17-3-5-18(25-2)6-4-17)15-19(24)21-11-8-20(9-12-21)26-13-14-27-20/h3-6H,7-15H2,1-2H3. The molecule has 0 atom stereocenters. The highest BCUT2D eigenvalue weighted by Crippen LogP contribution is 2.31. The first-order valence-corrected chi connectivity index (χ1v) is 9.45. The summed E-state index contributed by atoms with van der Waals surface area (Å²) in [6, 6.07) is 7.75. The molecule has 7 heteroatoms. The first kappa shape index (κ1) is 19.6. The lowest BCUT2D eigenvalue weighted by Crippen LogP contribution is -2.50. The summed E-state index contributed by atoms with van der Waals surface area (Å²) < 4.78 is 16.6. The SMILES string of the molecule is COc1ccc(CCN(CC(=O)N2CCC3(CC2)OCCO3)C(C)=O)cc1. The van der Waals surface area contributed by atoms with Gasteiger partial charge in [0.15, 0.2) is 5.79 Å². The third-order valence-corrected chi connectivity index (χ3v) is 5.29. The van der Waals surface area contributed by atoms with Gasteiger partial charge in [-0.1, -0.05) is 12.1 Å². The zero-order valence-electron chi connectivity index (χ0n) is 16.1. The van der Waals surface area contributed by atoms with E-state index in [2.05, 4.69) is 0 Å². The Balaban J connectivity index is 1.49. The Kier molecular flexibility index (Phi) is 6.34. The van der Waals surface area contributed by atoms with Gasteiger partial charge in [0, 0.05) is 39.4 Å². The molecule has 7 nitrogen and oxygen atoms in total. The molecule has 0 unspecified atom stereocenters. The van der Waals surface area contributed by atoms with Crippen molar-refractivity contribution in [3.8, 4) is 5.75 Å². The fraction of sp³-hybridized carbons (Fsp3) is 0.600. The number of ether oxygens (including phenoxy) is 3. The van der Waals surface area contributed by atoms with Crippen LogP contribution in [-0.4, -0.2) is 73.9 Å². The van der Waals surface area contributed by atoms with E-state index in [0.29, 0.717) is 52.1 Å². The highest BCUT2D eigenvalue weighted by atomic mass is 16.7. The van der Waals surface area contributed by atoms with Crippen LogP contribution in [0.3, 0.4) is 0 Å². The number of hydrogen-bond acceptors (Lipinski definition) is 5. The van der Waals surface area contributed by atoms with Crippen LogP contribution in [0.4, 0.5) is 0 Å². The Labute approximate surface area is 160 Å². The maximum Gasteiger partial charge on any atom is 0.242 e. The molecule has 0 saturated carbocycles. The van der Waals surface area contributed by atoms with E-state index in [1.54, 1.807) is 16.9 Å². The fourth-order valence-corrected chi connectivity index (χ4v) is 3.55. The number of amides is 2. The van der Waals surface area contributed by atoms with Crippen molar-refractivity contribution in [2.75, 3.05) is 46.5 Å². The summed E-state index contributed by atoms with van der Waals surface area (Å²) in [5.74, 6) is 0.196. The van der Waals surface area contributed by atoms with Crippen LogP contribution in [0.5, 0.6) is 5.75 Å². The number of carbonyl (C=O) groups is 2. The van der Waals surface area contributed by atoms with Crippen molar-refractivity contribution in [3.63, 3.8) is 0 Å². The van der Waals surface area contributed by atoms with Gasteiger partial charge in [-0.05, 0) is 24.1 Å². The largest absolute Gasteiger partial charge is 0.497 e. The van der Waals surface area contributed by atoms with E-state index in [-0.39, 0.29) is 18.4 Å². The Hall–Kier alpha value is -2.12. The number of carbonyl (C=O) groups excluding carboxylic acids is 2. The minimum Gasteiger partial charge on any atom is -0.497 e. The minimum absolute atomic E-state index is 0.0206. The summed E-state index contributed by atoms with van der Waals surface area (Å²) in [6.45, 7) is 4.57. The van der Waals surface area contributed by atoms with Crippen LogP contribution in [0, 0.1) is 0 Å². The third-order valence-electron chi connectivity index (χ3n) is 5.29. The maximum atomic E-state index is 12.6. The van der Waals surface area contributed by atoms with E-state index in [9.17, 15) is 9.59 Å². The second-order valence-electron chi connectivity index (χ2n) is 7.03. The first-order chi connectivity index (χ1) is 13.0. The van der Waals surface area contributed by atoms with Crippen molar-refractivity contribution in [2.45, 2.75) is 32.0 Å². The van der Waals surface area contributed by atoms with Crippen molar-refractivity contribution < 1.29 is 23.8 Å². The van der Waals surface area contributed by atoms with E-state index >= 15 is 0 Å². The molecule has 2 saturated heterocycles. The Morgan fingerprint density at radius 1 is 1.15 bits per heavy atom. The van der Waals surface area contributed by atoms with Crippen LogP contribution >= 0.6 is 0 Å². The summed E-state index contributed by atoms with van der Waals surface area (Å²) in [7, 11) is 1.63. The topological polar surface area (TPSA) is 68.3 Å². The maximum absolute atomic E-state index is 12.6. The number of nitrogens with zero attached hydrogens (tertiary/aromatic N) is 2. The second kappa shape index (κ2) is 8.71. The lowest BCUT2D eigenvalue weighted by molar-refractivity contribution is -0.187. The summed E-state index contributed by atoms with van der Waals surface area (Å²) in [4.78, 5) is 28.0. The van der Waals surface area contributed by atoms with Crippen molar-refractivity contribution >= 4 is 11.8 Å². The molecule has 1 aromatic carbocycles. The molecule has 0 aromatic heterocycles. The Morgan fingerprint density at radius 3 is 2.33 bits per heavy atom. The zero-order chi connectivity index (χ0) is 19.3. The summed E-state index contributed by atoms with van der Waals surface area (Å²) in [6.07, 6.45) is 2.07. The molecule has 0 aliphatic carbocycles. The van der Waals surface area contributed by atoms with Gasteiger partial charge in [0.25, 0.3) is 0 Å². The molecule has 2 fully saturated rings. The van der Waals surface area contributed by atoms with Gasteiger partial charge in [0.2, 0.25) is 11.8 Å². The minimum atomic E-state index is -0.495. The van der Waals surface area contributed by atoms with Crippen LogP contribution in [0.25, 0.3) is 0 Å². The van der Waals surface area contributed by atoms with Crippen LogP contribution in [0.1, 0.15) is 25.3 Å². The molecule has 1 aromatic rings. The Bertz CT molecular complexity index is 645. The lowest BCUT2D eigenvalue weighted by atomic mass is 10.0. The first-order valence-electron chi connectivity index (χ1n) is 9.45. The van der Waals surface area contributed by atoms with Crippen molar-refractivity contribution in [2.24, 2.45) is 0 Å². The molecule has 2 aliphatic rings. The smallest absolute Gasteiger partial charge is 0.242 e. The van der Waals surface area contributed by atoms with Gasteiger partial charge in [-0.3, -0.25) is 9.59 Å². The van der Waals surface area contributed by atoms with E-state index in [1.165, 1.54) is 6.92 Å². The van der Waals surface area contributed by atoms with Crippen LogP contribution in [-0.2, 0) is 25.5 Å². The van der Waals surface area contributed by atoms with Crippen LogP contribution in [0.15, 0.2) is 24.3 Å². The number of benzene rings is 1. The number of likely N-dealkylation sites (tertiary alicyclic amines) is 1. The molecular weight excluding hydrogens is 348 g/mol. The second-order valence-corrected chi connectivity index (χ2v) is 7.03. The monoisotopic (exact) mass is 376 g/mol. The molecular formula is C20H28N2O5. The van der Waals surface area contributed by atoms with Crippen molar-refractivity contribution in [1.29, 1.82) is 0 Å². The highest BCUT2D eigenvalue weighted by molar-refractivity contribution is 5.84. The molecule has 0 radical (unpaired) electrons. The number of rotatable bonds is 6. The summed E-state index contributed by atoms with van der Waals surface area (Å²) >= 11 is 0. The molecule has 148 valence electrons. The average molecular weight is 376 g/mol. The zero-order valence-corrected chi connectivity index (χ0v) is 16.1. The molecule has 2 aliphatic heterocycles. The predicted molar refractivity (Wildman–Crippen MR) is 99.4 cm³/mol. The van der Waals surface area contributed by atoms with Crippen LogP contribution < -0.4 is 4.74 Å². The van der Waals surface area contributed by atoms with Gasteiger partial charge in [-0.2, -0.15) is 0 Å². The summed E-state index contributed by atoms with van der Waals surface area (Å²) in [5.41, 5.74) is 1.10. The summed E-state index contributed by atoms with van der Waals surface area (Å²) in [5, 5.41) is 0. The van der Waals surface area contributed by atoms with Crippen LogP contribution in [0.2, 0.25) is 0 Å². The number of piperidine rings is 1. The van der Waals surface area contributed by atoms with Gasteiger partial charge in [0.1, 0.15) is 5.75 Å². The van der Waals surface area contributed by atoms with E-state index in [0.717, 1.165) is 11.3 Å². The quantitative estimate of drug-likeness (QED) is 0.752. The molecule has 0 N–H and O–H groups in total. The van der Waals surface area contributed by atoms with E-state index in [1.807, 2.05) is 24.3 Å². The highest BCUT2D eigenvalue weighted by Gasteiger charge is 2.40. The van der Waals surface area contributed by atoms with Gasteiger partial charge in [-0.15, -0.1) is 0 Å². The molecule has 3 rings (SSSR count). The van der Waals surface area contributed by atoms with Gasteiger partial charge in [0.05, 0.1) is 26.9 Å². The molecule has 2 amide bonds. The predicted octanol–water partition coefficient (Wildman–Crippen LogP) is 1.45. The normalized spacial score (nSPS) is 18.5. The number of hydrogen-bond donors (Lipinski definition) is 0. The van der Waals surface area contributed by atoms with Gasteiger partial charge in [-0.25, -0.2) is 0 Å². The third kappa shape index (κ3) is 4.99.